The van der Waals surface area contributed by atoms with Crippen LogP contribution in [-0.4, -0.2) is 49.1 Å². The standard InChI is InChI=1S/C17H24N2O3S/c1-12-7-6-8-13(2)19(12)17(20)18(3)15-11-23(21,22)16-10-5-4-9-14(15)16/h4-5,9-10,12-13,15H,6-8,11H2,1-3H3/t12-,13+,15-/m0/s1. The van der Waals surface area contributed by atoms with Gasteiger partial charge in [0, 0.05) is 19.1 Å². The molecule has 126 valence electrons. The molecule has 0 bridgehead atoms. The maximum absolute atomic E-state index is 13.0. The van der Waals surface area contributed by atoms with Gasteiger partial charge in [0.1, 0.15) is 0 Å². The number of sulfone groups is 1. The average molecular weight is 336 g/mol. The third kappa shape index (κ3) is 2.73. The summed E-state index contributed by atoms with van der Waals surface area (Å²) < 4.78 is 24.7. The van der Waals surface area contributed by atoms with Crippen molar-refractivity contribution in [3.63, 3.8) is 0 Å². The lowest BCUT2D eigenvalue weighted by Gasteiger charge is -2.42. The van der Waals surface area contributed by atoms with E-state index in [1.54, 1.807) is 24.1 Å². The third-order valence-electron chi connectivity index (χ3n) is 5.17. The second-order valence-corrected chi connectivity index (χ2v) is 8.77. The normalized spacial score (nSPS) is 29.2. The van der Waals surface area contributed by atoms with Crippen LogP contribution in [0.2, 0.25) is 0 Å². The third-order valence-corrected chi connectivity index (χ3v) is 6.97. The summed E-state index contributed by atoms with van der Waals surface area (Å²) in [4.78, 5) is 16.9. The molecule has 2 aliphatic rings. The summed E-state index contributed by atoms with van der Waals surface area (Å²) in [6.07, 6.45) is 3.14. The first-order valence-corrected chi connectivity index (χ1v) is 9.85. The first-order valence-electron chi connectivity index (χ1n) is 8.19. The van der Waals surface area contributed by atoms with Crippen LogP contribution >= 0.6 is 0 Å². The van der Waals surface area contributed by atoms with Gasteiger partial charge in [-0.25, -0.2) is 13.2 Å². The number of nitrogens with zero attached hydrogens (tertiary/aromatic N) is 2. The zero-order valence-corrected chi connectivity index (χ0v) is 14.7. The summed E-state index contributed by atoms with van der Waals surface area (Å²) in [6, 6.07) is 6.94. The number of fused-ring (bicyclic) bond motifs is 1. The molecule has 23 heavy (non-hydrogen) atoms. The van der Waals surface area contributed by atoms with Crippen LogP contribution in [0, 0.1) is 0 Å². The Kier molecular flexibility index (Phi) is 4.12. The monoisotopic (exact) mass is 336 g/mol. The molecule has 3 atom stereocenters. The highest BCUT2D eigenvalue weighted by Gasteiger charge is 2.41. The highest BCUT2D eigenvalue weighted by atomic mass is 32.2. The first-order chi connectivity index (χ1) is 10.8. The Labute approximate surface area is 138 Å². The van der Waals surface area contributed by atoms with Crippen LogP contribution < -0.4 is 0 Å². The van der Waals surface area contributed by atoms with Gasteiger partial charge in [0.15, 0.2) is 9.84 Å². The van der Waals surface area contributed by atoms with Gasteiger partial charge >= 0.3 is 6.03 Å². The molecule has 0 aliphatic carbocycles. The van der Waals surface area contributed by atoms with Gasteiger partial charge in [-0.2, -0.15) is 0 Å². The molecular formula is C17H24N2O3S. The van der Waals surface area contributed by atoms with Crippen LogP contribution in [-0.2, 0) is 9.84 Å². The topological polar surface area (TPSA) is 57.7 Å². The maximum atomic E-state index is 13.0. The van der Waals surface area contributed by atoms with Gasteiger partial charge in [-0.15, -0.1) is 0 Å². The molecule has 2 aliphatic heterocycles. The van der Waals surface area contributed by atoms with Gasteiger partial charge in [0.2, 0.25) is 0 Å². The molecule has 0 saturated carbocycles. The minimum Gasteiger partial charge on any atom is -0.320 e. The van der Waals surface area contributed by atoms with Crippen molar-refractivity contribution in [2.24, 2.45) is 0 Å². The van der Waals surface area contributed by atoms with E-state index in [-0.39, 0.29) is 23.9 Å². The average Bonchev–Trinajstić information content (AvgIpc) is 2.78. The lowest BCUT2D eigenvalue weighted by Crippen LogP contribution is -2.53. The van der Waals surface area contributed by atoms with Crippen LogP contribution in [0.1, 0.15) is 44.7 Å². The number of carbonyl (C=O) groups is 1. The Balaban J connectivity index is 1.89. The van der Waals surface area contributed by atoms with Crippen molar-refractivity contribution in [1.82, 2.24) is 9.80 Å². The number of likely N-dealkylation sites (tertiary alicyclic amines) is 1. The fourth-order valence-corrected chi connectivity index (χ4v) is 5.71. The van der Waals surface area contributed by atoms with Crippen molar-refractivity contribution < 1.29 is 13.2 Å². The molecule has 0 aromatic heterocycles. The Hall–Kier alpha value is -1.56. The van der Waals surface area contributed by atoms with Gasteiger partial charge in [-0.05, 0) is 44.7 Å². The molecule has 1 saturated heterocycles. The molecule has 1 aromatic carbocycles. The molecule has 2 amide bonds. The number of benzene rings is 1. The van der Waals surface area contributed by atoms with Crippen LogP contribution in [0.15, 0.2) is 29.2 Å². The second-order valence-electron chi connectivity index (χ2n) is 6.76. The van der Waals surface area contributed by atoms with E-state index in [2.05, 4.69) is 13.8 Å². The molecule has 0 spiro atoms. The highest BCUT2D eigenvalue weighted by Crippen LogP contribution is 2.37. The van der Waals surface area contributed by atoms with E-state index in [1.807, 2.05) is 17.0 Å². The summed E-state index contributed by atoms with van der Waals surface area (Å²) in [5.74, 6) is -0.0226. The van der Waals surface area contributed by atoms with Crippen LogP contribution in [0.5, 0.6) is 0 Å². The highest BCUT2D eigenvalue weighted by molar-refractivity contribution is 7.91. The zero-order valence-electron chi connectivity index (χ0n) is 13.9. The summed E-state index contributed by atoms with van der Waals surface area (Å²) in [6.45, 7) is 4.14. The fourth-order valence-electron chi connectivity index (χ4n) is 3.86. The number of urea groups is 1. The number of amides is 2. The molecule has 0 N–H and O–H groups in total. The molecular weight excluding hydrogens is 312 g/mol. The smallest absolute Gasteiger partial charge is 0.320 e. The summed E-state index contributed by atoms with van der Waals surface area (Å²) in [7, 11) is -1.58. The lowest BCUT2D eigenvalue weighted by atomic mass is 9.98. The molecule has 5 nitrogen and oxygen atoms in total. The van der Waals surface area contributed by atoms with Gasteiger partial charge in [-0.3, -0.25) is 0 Å². The summed E-state index contributed by atoms with van der Waals surface area (Å²) >= 11 is 0. The van der Waals surface area contributed by atoms with Crippen molar-refractivity contribution in [2.75, 3.05) is 12.8 Å². The second kappa shape index (κ2) is 5.82. The Bertz CT molecular complexity index is 706. The summed E-state index contributed by atoms with van der Waals surface area (Å²) in [5, 5.41) is 0. The van der Waals surface area contributed by atoms with E-state index < -0.39 is 15.9 Å². The van der Waals surface area contributed by atoms with Crippen molar-refractivity contribution in [1.29, 1.82) is 0 Å². The Morgan fingerprint density at radius 2 is 1.78 bits per heavy atom. The lowest BCUT2D eigenvalue weighted by molar-refractivity contribution is 0.0906. The molecule has 0 unspecified atom stereocenters. The van der Waals surface area contributed by atoms with Crippen LogP contribution in [0.4, 0.5) is 4.79 Å². The largest absolute Gasteiger partial charge is 0.320 e. The number of hydrogen-bond donors (Lipinski definition) is 0. The van der Waals surface area contributed by atoms with E-state index in [0.29, 0.717) is 4.90 Å². The molecule has 1 aromatic rings. The summed E-state index contributed by atoms with van der Waals surface area (Å²) in [5.41, 5.74) is 0.737. The van der Waals surface area contributed by atoms with Crippen molar-refractivity contribution in [2.45, 2.75) is 56.1 Å². The molecule has 0 radical (unpaired) electrons. The fraction of sp³-hybridized carbons (Fsp3) is 0.588. The van der Waals surface area contributed by atoms with E-state index in [0.717, 1.165) is 24.8 Å². The van der Waals surface area contributed by atoms with Gasteiger partial charge in [0.05, 0.1) is 16.7 Å². The zero-order chi connectivity index (χ0) is 16.8. The number of rotatable bonds is 1. The predicted molar refractivity (Wildman–Crippen MR) is 89.0 cm³/mol. The number of piperidine rings is 1. The maximum Gasteiger partial charge on any atom is 0.320 e. The van der Waals surface area contributed by atoms with Crippen molar-refractivity contribution >= 4 is 15.9 Å². The van der Waals surface area contributed by atoms with E-state index in [1.165, 1.54) is 0 Å². The van der Waals surface area contributed by atoms with Gasteiger partial charge in [-0.1, -0.05) is 18.2 Å². The first kappa shape index (κ1) is 16.3. The van der Waals surface area contributed by atoms with Crippen LogP contribution in [0.3, 0.4) is 0 Å². The predicted octanol–water partition coefficient (Wildman–Crippen LogP) is 2.83. The minimum atomic E-state index is -3.30. The molecule has 2 heterocycles. The van der Waals surface area contributed by atoms with Gasteiger partial charge < -0.3 is 9.80 Å². The molecule has 3 rings (SSSR count). The van der Waals surface area contributed by atoms with Crippen LogP contribution in [0.25, 0.3) is 0 Å². The molecule has 6 heteroatoms. The minimum absolute atomic E-state index is 0.0226. The Morgan fingerprint density at radius 1 is 1.17 bits per heavy atom. The number of hydrogen-bond acceptors (Lipinski definition) is 3. The van der Waals surface area contributed by atoms with Gasteiger partial charge in [0.25, 0.3) is 0 Å². The number of carbonyl (C=O) groups excluding carboxylic acids is 1. The van der Waals surface area contributed by atoms with E-state index in [9.17, 15) is 13.2 Å². The van der Waals surface area contributed by atoms with E-state index >= 15 is 0 Å². The van der Waals surface area contributed by atoms with E-state index in [4.69, 9.17) is 0 Å². The van der Waals surface area contributed by atoms with Crippen molar-refractivity contribution in [3.05, 3.63) is 29.8 Å². The molecule has 1 fully saturated rings. The SMILES string of the molecule is C[C@@H]1CCC[C@H](C)N1C(=O)N(C)[C@H]1CS(=O)(=O)c2ccccc21. The quantitative estimate of drug-likeness (QED) is 0.792. The van der Waals surface area contributed by atoms with Crippen molar-refractivity contribution in [3.8, 4) is 0 Å². The Morgan fingerprint density at radius 3 is 2.43 bits per heavy atom.